The van der Waals surface area contributed by atoms with Crippen LogP contribution in [0, 0.1) is 0 Å². The quantitative estimate of drug-likeness (QED) is 0.891. The zero-order chi connectivity index (χ0) is 13.2. The molecule has 3 nitrogen and oxygen atoms in total. The van der Waals surface area contributed by atoms with Gasteiger partial charge < -0.3 is 16.0 Å². The minimum atomic E-state index is 0.577. The van der Waals surface area contributed by atoms with Crippen molar-refractivity contribution in [3.8, 4) is 0 Å². The van der Waals surface area contributed by atoms with Crippen LogP contribution in [-0.4, -0.2) is 13.1 Å². The Morgan fingerprint density at radius 2 is 2.11 bits per heavy atom. The van der Waals surface area contributed by atoms with Gasteiger partial charge >= 0.3 is 0 Å². The Kier molecular flexibility index (Phi) is 3.44. The SMILES string of the molecule is NCc1cccc(N2CCNc3cc(Br)ccc32)c1. The minimum absolute atomic E-state index is 0.577. The van der Waals surface area contributed by atoms with Crippen LogP contribution in [0.25, 0.3) is 0 Å². The van der Waals surface area contributed by atoms with Crippen LogP contribution in [0.5, 0.6) is 0 Å². The molecule has 2 aromatic rings. The van der Waals surface area contributed by atoms with Crippen LogP contribution in [0.2, 0.25) is 0 Å². The predicted octanol–water partition coefficient (Wildman–Crippen LogP) is 3.47. The molecular weight excluding hydrogens is 302 g/mol. The average molecular weight is 318 g/mol. The van der Waals surface area contributed by atoms with Crippen molar-refractivity contribution in [3.63, 3.8) is 0 Å². The van der Waals surface area contributed by atoms with E-state index in [2.05, 4.69) is 68.6 Å². The summed E-state index contributed by atoms with van der Waals surface area (Å²) in [6.45, 7) is 2.48. The number of halogens is 1. The summed E-state index contributed by atoms with van der Waals surface area (Å²) < 4.78 is 1.09. The first kappa shape index (κ1) is 12.5. The normalized spacial score (nSPS) is 13.9. The highest BCUT2D eigenvalue weighted by molar-refractivity contribution is 9.10. The molecule has 0 saturated heterocycles. The van der Waals surface area contributed by atoms with Gasteiger partial charge in [0.05, 0.1) is 11.4 Å². The van der Waals surface area contributed by atoms with Gasteiger partial charge in [0.15, 0.2) is 0 Å². The van der Waals surface area contributed by atoms with Gasteiger partial charge in [-0.25, -0.2) is 0 Å². The predicted molar refractivity (Wildman–Crippen MR) is 84.0 cm³/mol. The smallest absolute Gasteiger partial charge is 0.0647 e. The maximum absolute atomic E-state index is 5.73. The van der Waals surface area contributed by atoms with Crippen molar-refractivity contribution < 1.29 is 0 Å². The lowest BCUT2D eigenvalue weighted by molar-refractivity contribution is 0.923. The third-order valence-electron chi connectivity index (χ3n) is 3.36. The molecule has 1 aliphatic heterocycles. The molecule has 3 N–H and O–H groups in total. The molecule has 0 radical (unpaired) electrons. The summed E-state index contributed by atoms with van der Waals surface area (Å²) in [5, 5.41) is 3.44. The molecule has 1 heterocycles. The molecule has 0 amide bonds. The summed E-state index contributed by atoms with van der Waals surface area (Å²) in [7, 11) is 0. The first-order valence-corrected chi connectivity index (χ1v) is 7.17. The van der Waals surface area contributed by atoms with Gasteiger partial charge in [-0.05, 0) is 35.9 Å². The second-order valence-corrected chi connectivity index (χ2v) is 5.53. The fourth-order valence-electron chi connectivity index (χ4n) is 2.43. The minimum Gasteiger partial charge on any atom is -0.382 e. The van der Waals surface area contributed by atoms with Crippen molar-refractivity contribution in [1.82, 2.24) is 0 Å². The molecule has 19 heavy (non-hydrogen) atoms. The molecule has 3 rings (SSSR count). The van der Waals surface area contributed by atoms with Crippen LogP contribution < -0.4 is 16.0 Å². The molecule has 98 valence electrons. The van der Waals surface area contributed by atoms with Gasteiger partial charge in [0.25, 0.3) is 0 Å². The van der Waals surface area contributed by atoms with Gasteiger partial charge in [-0.3, -0.25) is 0 Å². The van der Waals surface area contributed by atoms with Gasteiger partial charge in [-0.15, -0.1) is 0 Å². The van der Waals surface area contributed by atoms with Crippen molar-refractivity contribution in [2.75, 3.05) is 23.3 Å². The highest BCUT2D eigenvalue weighted by atomic mass is 79.9. The molecule has 0 bridgehead atoms. The van der Waals surface area contributed by atoms with Crippen molar-refractivity contribution >= 4 is 33.0 Å². The molecule has 0 fully saturated rings. The third-order valence-corrected chi connectivity index (χ3v) is 3.85. The lowest BCUT2D eigenvalue weighted by Crippen LogP contribution is -2.30. The van der Waals surface area contributed by atoms with Crippen molar-refractivity contribution in [2.45, 2.75) is 6.54 Å². The van der Waals surface area contributed by atoms with E-state index in [0.717, 1.165) is 23.1 Å². The van der Waals surface area contributed by atoms with Gasteiger partial charge in [-0.1, -0.05) is 28.1 Å². The number of hydrogen-bond acceptors (Lipinski definition) is 3. The summed E-state index contributed by atoms with van der Waals surface area (Å²) in [6, 6.07) is 14.8. The van der Waals surface area contributed by atoms with Crippen molar-refractivity contribution in [1.29, 1.82) is 0 Å². The molecule has 0 saturated carbocycles. The van der Waals surface area contributed by atoms with Gasteiger partial charge in [0.2, 0.25) is 0 Å². The van der Waals surface area contributed by atoms with Crippen LogP contribution >= 0.6 is 15.9 Å². The molecule has 0 unspecified atom stereocenters. The summed E-state index contributed by atoms with van der Waals surface area (Å²) in [6.07, 6.45) is 0. The van der Waals surface area contributed by atoms with E-state index in [4.69, 9.17) is 5.73 Å². The molecule has 4 heteroatoms. The summed E-state index contributed by atoms with van der Waals surface area (Å²) >= 11 is 3.51. The summed E-state index contributed by atoms with van der Waals surface area (Å²) in [5.74, 6) is 0. The first-order valence-electron chi connectivity index (χ1n) is 6.38. The zero-order valence-corrected chi connectivity index (χ0v) is 12.2. The lowest BCUT2D eigenvalue weighted by atomic mass is 10.1. The number of nitrogens with two attached hydrogens (primary N) is 1. The second-order valence-electron chi connectivity index (χ2n) is 4.61. The third kappa shape index (κ3) is 2.46. The zero-order valence-electron chi connectivity index (χ0n) is 10.6. The molecular formula is C15H16BrN3. The van der Waals surface area contributed by atoms with E-state index in [1.54, 1.807) is 0 Å². The Morgan fingerprint density at radius 3 is 2.95 bits per heavy atom. The number of hydrogen-bond donors (Lipinski definition) is 2. The topological polar surface area (TPSA) is 41.3 Å². The molecule has 0 atom stereocenters. The Hall–Kier alpha value is -1.52. The fourth-order valence-corrected chi connectivity index (χ4v) is 2.79. The van der Waals surface area contributed by atoms with Crippen LogP contribution in [0.15, 0.2) is 46.9 Å². The van der Waals surface area contributed by atoms with Crippen molar-refractivity contribution in [3.05, 3.63) is 52.5 Å². The summed E-state index contributed by atoms with van der Waals surface area (Å²) in [4.78, 5) is 2.33. The average Bonchev–Trinajstić information content (AvgIpc) is 2.46. The van der Waals surface area contributed by atoms with E-state index in [1.165, 1.54) is 17.1 Å². The van der Waals surface area contributed by atoms with Crippen LogP contribution in [0.1, 0.15) is 5.56 Å². The first-order chi connectivity index (χ1) is 9.28. The van der Waals surface area contributed by atoms with E-state index in [9.17, 15) is 0 Å². The van der Waals surface area contributed by atoms with Crippen LogP contribution in [0.4, 0.5) is 17.1 Å². The van der Waals surface area contributed by atoms with Gasteiger partial charge in [-0.2, -0.15) is 0 Å². The highest BCUT2D eigenvalue weighted by Crippen LogP contribution is 2.36. The number of anilines is 3. The number of benzene rings is 2. The van der Waals surface area contributed by atoms with Crippen LogP contribution in [-0.2, 0) is 6.54 Å². The Balaban J connectivity index is 2.03. The molecule has 0 spiro atoms. The van der Waals surface area contributed by atoms with E-state index < -0.39 is 0 Å². The fraction of sp³-hybridized carbons (Fsp3) is 0.200. The van der Waals surface area contributed by atoms with Crippen molar-refractivity contribution in [2.24, 2.45) is 5.73 Å². The Bertz CT molecular complexity index is 598. The number of rotatable bonds is 2. The molecule has 2 aromatic carbocycles. The largest absolute Gasteiger partial charge is 0.382 e. The number of nitrogens with one attached hydrogen (secondary N) is 1. The number of fused-ring (bicyclic) bond motifs is 1. The highest BCUT2D eigenvalue weighted by Gasteiger charge is 2.18. The monoisotopic (exact) mass is 317 g/mol. The lowest BCUT2D eigenvalue weighted by Gasteiger charge is -2.32. The summed E-state index contributed by atoms with van der Waals surface area (Å²) in [5.41, 5.74) is 10.5. The molecule has 1 aliphatic rings. The molecule has 0 aromatic heterocycles. The van der Waals surface area contributed by atoms with Crippen LogP contribution in [0.3, 0.4) is 0 Å². The number of nitrogens with zero attached hydrogens (tertiary/aromatic N) is 1. The van der Waals surface area contributed by atoms with E-state index in [-0.39, 0.29) is 0 Å². The maximum Gasteiger partial charge on any atom is 0.0647 e. The Labute approximate surface area is 121 Å². The van der Waals surface area contributed by atoms with E-state index in [0.29, 0.717) is 6.54 Å². The maximum atomic E-state index is 5.73. The second kappa shape index (κ2) is 5.23. The standard InChI is InChI=1S/C15H16BrN3/c16-12-4-5-15-14(9-12)18-6-7-19(15)13-3-1-2-11(8-13)10-17/h1-5,8-9,18H,6-7,10,17H2. The molecule has 0 aliphatic carbocycles. The Morgan fingerprint density at radius 1 is 1.21 bits per heavy atom. The van der Waals surface area contributed by atoms with Gasteiger partial charge in [0, 0.05) is 29.8 Å². The van der Waals surface area contributed by atoms with E-state index in [1.807, 2.05) is 0 Å². The van der Waals surface area contributed by atoms with Gasteiger partial charge in [0.1, 0.15) is 0 Å². The van der Waals surface area contributed by atoms with E-state index >= 15 is 0 Å².